The highest BCUT2D eigenvalue weighted by Gasteiger charge is 2.73. The molecule has 1 saturated heterocycles. The Kier molecular flexibility index (Phi) is 5.51. The van der Waals surface area contributed by atoms with Crippen molar-refractivity contribution in [1.82, 2.24) is 10.2 Å². The minimum absolute atomic E-state index is 0.0609. The van der Waals surface area contributed by atoms with Crippen molar-refractivity contribution in [3.05, 3.63) is 23.3 Å². The van der Waals surface area contributed by atoms with E-state index in [1.54, 1.807) is 6.07 Å². The van der Waals surface area contributed by atoms with Crippen LogP contribution in [0.15, 0.2) is 12.1 Å². The summed E-state index contributed by atoms with van der Waals surface area (Å²) in [6, 6.07) is 3.56. The van der Waals surface area contributed by atoms with Crippen LogP contribution in [0.5, 0.6) is 11.5 Å². The zero-order chi connectivity index (χ0) is 24.6. The molecule has 0 aromatic heterocycles. The molecule has 1 spiro atoms. The molecule has 2 heterocycles. The van der Waals surface area contributed by atoms with Crippen molar-refractivity contribution < 1.29 is 24.1 Å². The lowest BCUT2D eigenvalue weighted by atomic mass is 9.48. The summed E-state index contributed by atoms with van der Waals surface area (Å²) >= 11 is 0. The van der Waals surface area contributed by atoms with Gasteiger partial charge < -0.3 is 24.2 Å². The molecule has 7 heteroatoms. The SMILES string of the molecule is CO[C@@]12CC[C@@H](N[C@@H](C(=O)OC(C)(C)C)C(C)C)[C@@H]3Oc4c(O)ccc5c4[C@@]31CCN(C)[C@@H]2C5. The van der Waals surface area contributed by atoms with Crippen molar-refractivity contribution in [1.29, 1.82) is 0 Å². The second kappa shape index (κ2) is 7.84. The van der Waals surface area contributed by atoms with Crippen LogP contribution in [0.25, 0.3) is 0 Å². The number of piperidine rings is 1. The van der Waals surface area contributed by atoms with Crippen molar-refractivity contribution in [2.75, 3.05) is 20.7 Å². The van der Waals surface area contributed by atoms with Gasteiger partial charge in [-0.05, 0) is 77.6 Å². The topological polar surface area (TPSA) is 80.3 Å². The number of aromatic hydroxyl groups is 1. The fraction of sp³-hybridized carbons (Fsp3) is 0.741. The highest BCUT2D eigenvalue weighted by Crippen LogP contribution is 2.66. The molecule has 2 fully saturated rings. The second-order valence-corrected chi connectivity index (χ2v) is 12.1. The van der Waals surface area contributed by atoms with E-state index in [0.717, 1.165) is 37.8 Å². The predicted molar refractivity (Wildman–Crippen MR) is 129 cm³/mol. The van der Waals surface area contributed by atoms with Gasteiger partial charge in [0, 0.05) is 24.8 Å². The van der Waals surface area contributed by atoms with E-state index in [4.69, 9.17) is 14.2 Å². The molecule has 2 aliphatic heterocycles. The van der Waals surface area contributed by atoms with Gasteiger partial charge in [0.1, 0.15) is 17.7 Å². The first kappa shape index (κ1) is 23.9. The van der Waals surface area contributed by atoms with Crippen LogP contribution in [0.1, 0.15) is 65.0 Å². The minimum Gasteiger partial charge on any atom is -0.504 e. The quantitative estimate of drug-likeness (QED) is 0.637. The molecular weight excluding hydrogens is 432 g/mol. The number of phenolic OH excluding ortho intramolecular Hbond substituents is 1. The molecule has 1 aromatic rings. The number of likely N-dealkylation sites (tertiary alicyclic amines) is 1. The number of ether oxygens (including phenoxy) is 3. The summed E-state index contributed by atoms with van der Waals surface area (Å²) in [5.41, 5.74) is 1.06. The number of nitrogens with zero attached hydrogens (tertiary/aromatic N) is 1. The fourth-order valence-corrected chi connectivity index (χ4v) is 7.44. The number of carbonyl (C=O) groups excluding carboxylic acids is 1. The van der Waals surface area contributed by atoms with E-state index in [-0.39, 0.29) is 41.2 Å². The molecule has 2 N–H and O–H groups in total. The number of carbonyl (C=O) groups is 1. The molecule has 34 heavy (non-hydrogen) atoms. The number of phenols is 1. The highest BCUT2D eigenvalue weighted by molar-refractivity contribution is 5.76. The van der Waals surface area contributed by atoms with Crippen LogP contribution >= 0.6 is 0 Å². The number of methoxy groups -OCH3 is 1. The van der Waals surface area contributed by atoms with Gasteiger partial charge >= 0.3 is 5.97 Å². The minimum atomic E-state index is -0.548. The second-order valence-electron chi connectivity index (χ2n) is 12.1. The molecule has 1 saturated carbocycles. The maximum Gasteiger partial charge on any atom is 0.323 e. The zero-order valence-corrected chi connectivity index (χ0v) is 21.6. The lowest BCUT2D eigenvalue weighted by Gasteiger charge is -2.65. The van der Waals surface area contributed by atoms with Gasteiger partial charge in [0.25, 0.3) is 0 Å². The number of hydrogen-bond acceptors (Lipinski definition) is 7. The number of hydrogen-bond donors (Lipinski definition) is 2. The Morgan fingerprint density at radius 1 is 1.29 bits per heavy atom. The standard InChI is InChI=1S/C27H40N2O5/c1-15(2)21(24(31)34-25(3,4)5)28-17-10-11-27(32-7)19-14-16-8-9-18(30)22-20(16)26(27,23(17)33-22)12-13-29(19)6/h8-9,15,17,19,21,23,28,30H,10-14H2,1-7H3/t17-,19-,21-,23+,26+,27-/m1/s1. The maximum absolute atomic E-state index is 13.1. The molecule has 188 valence electrons. The maximum atomic E-state index is 13.1. The number of rotatable bonds is 5. The van der Waals surface area contributed by atoms with Crippen molar-refractivity contribution in [3.8, 4) is 11.5 Å². The lowest BCUT2D eigenvalue weighted by molar-refractivity contribution is -0.204. The molecule has 6 atom stereocenters. The van der Waals surface area contributed by atoms with Gasteiger partial charge in [-0.15, -0.1) is 0 Å². The highest BCUT2D eigenvalue weighted by atomic mass is 16.6. The van der Waals surface area contributed by atoms with E-state index in [2.05, 4.69) is 23.3 Å². The molecular formula is C27H40N2O5. The van der Waals surface area contributed by atoms with Gasteiger partial charge in [-0.1, -0.05) is 19.9 Å². The van der Waals surface area contributed by atoms with E-state index >= 15 is 0 Å². The monoisotopic (exact) mass is 472 g/mol. The summed E-state index contributed by atoms with van der Waals surface area (Å²) in [5.74, 6) is 0.633. The normalized spacial score (nSPS) is 35.0. The van der Waals surface area contributed by atoms with Crippen LogP contribution < -0.4 is 10.1 Å². The lowest BCUT2D eigenvalue weighted by Crippen LogP contribution is -2.78. The first-order chi connectivity index (χ1) is 15.9. The third-order valence-electron chi connectivity index (χ3n) is 8.77. The summed E-state index contributed by atoms with van der Waals surface area (Å²) < 4.78 is 19.0. The molecule has 2 bridgehead atoms. The molecule has 2 aliphatic carbocycles. The Hall–Kier alpha value is -1.83. The molecule has 0 amide bonds. The van der Waals surface area contributed by atoms with Gasteiger partial charge in [-0.2, -0.15) is 0 Å². The van der Waals surface area contributed by atoms with Gasteiger partial charge in [0.05, 0.1) is 11.0 Å². The Morgan fingerprint density at radius 2 is 2.03 bits per heavy atom. The van der Waals surface area contributed by atoms with Crippen LogP contribution in [0.4, 0.5) is 0 Å². The average molecular weight is 473 g/mol. The molecule has 5 rings (SSSR count). The first-order valence-electron chi connectivity index (χ1n) is 12.7. The van der Waals surface area contributed by atoms with Crippen molar-refractivity contribution in [2.24, 2.45) is 5.92 Å². The largest absolute Gasteiger partial charge is 0.504 e. The molecule has 0 radical (unpaired) electrons. The van der Waals surface area contributed by atoms with Crippen LogP contribution in [-0.2, 0) is 26.1 Å². The molecule has 7 nitrogen and oxygen atoms in total. The smallest absolute Gasteiger partial charge is 0.323 e. The Morgan fingerprint density at radius 3 is 2.68 bits per heavy atom. The fourth-order valence-electron chi connectivity index (χ4n) is 7.44. The number of esters is 1. The number of benzene rings is 1. The Balaban J connectivity index is 1.57. The van der Waals surface area contributed by atoms with Crippen LogP contribution in [-0.4, -0.2) is 72.1 Å². The first-order valence-corrected chi connectivity index (χ1v) is 12.7. The third kappa shape index (κ3) is 3.16. The molecule has 4 aliphatic rings. The summed E-state index contributed by atoms with van der Waals surface area (Å²) in [6.07, 6.45) is 3.22. The van der Waals surface area contributed by atoms with Crippen molar-refractivity contribution in [3.63, 3.8) is 0 Å². The average Bonchev–Trinajstić information content (AvgIpc) is 3.11. The molecule has 1 aromatic carbocycles. The van der Waals surface area contributed by atoms with Crippen LogP contribution in [0, 0.1) is 5.92 Å². The van der Waals surface area contributed by atoms with E-state index in [1.807, 2.05) is 41.7 Å². The third-order valence-corrected chi connectivity index (χ3v) is 8.77. The molecule has 0 unspecified atom stereocenters. The van der Waals surface area contributed by atoms with Crippen LogP contribution in [0.3, 0.4) is 0 Å². The van der Waals surface area contributed by atoms with Gasteiger partial charge in [0.15, 0.2) is 11.5 Å². The van der Waals surface area contributed by atoms with Gasteiger partial charge in [0.2, 0.25) is 0 Å². The Labute approximate surface area is 203 Å². The van der Waals surface area contributed by atoms with Crippen molar-refractivity contribution in [2.45, 2.75) is 101 Å². The summed E-state index contributed by atoms with van der Waals surface area (Å²) in [6.45, 7) is 10.7. The summed E-state index contributed by atoms with van der Waals surface area (Å²) in [7, 11) is 4.03. The summed E-state index contributed by atoms with van der Waals surface area (Å²) in [5, 5.41) is 14.5. The van der Waals surface area contributed by atoms with E-state index in [9.17, 15) is 9.90 Å². The number of likely N-dealkylation sites (N-methyl/N-ethyl adjacent to an activating group) is 1. The van der Waals surface area contributed by atoms with E-state index in [1.165, 1.54) is 5.56 Å². The number of nitrogens with one attached hydrogen (secondary N) is 1. The van der Waals surface area contributed by atoms with Crippen LogP contribution in [0.2, 0.25) is 0 Å². The summed E-state index contributed by atoms with van der Waals surface area (Å²) in [4.78, 5) is 15.6. The van der Waals surface area contributed by atoms with E-state index < -0.39 is 17.2 Å². The van der Waals surface area contributed by atoms with E-state index in [0.29, 0.717) is 5.75 Å². The van der Waals surface area contributed by atoms with Gasteiger partial charge in [-0.25, -0.2) is 0 Å². The predicted octanol–water partition coefficient (Wildman–Crippen LogP) is 3.15. The van der Waals surface area contributed by atoms with Gasteiger partial charge in [-0.3, -0.25) is 10.1 Å². The zero-order valence-electron chi connectivity index (χ0n) is 21.6. The Bertz CT molecular complexity index is 988. The van der Waals surface area contributed by atoms with Crippen molar-refractivity contribution >= 4 is 5.97 Å².